The average molecular weight is 353 g/mol. The van der Waals surface area contributed by atoms with Gasteiger partial charge in [-0.25, -0.2) is 14.2 Å². The van der Waals surface area contributed by atoms with Crippen LogP contribution >= 0.6 is 15.9 Å². The lowest BCUT2D eigenvalue weighted by molar-refractivity contribution is 0.472. The van der Waals surface area contributed by atoms with Crippen molar-refractivity contribution < 1.29 is 13.2 Å². The van der Waals surface area contributed by atoms with Gasteiger partial charge in [-0.3, -0.25) is 5.84 Å². The van der Waals surface area contributed by atoms with E-state index in [9.17, 15) is 8.78 Å². The Morgan fingerprint density at radius 3 is 2.43 bits per heavy atom. The van der Waals surface area contributed by atoms with E-state index in [4.69, 9.17) is 10.3 Å². The molecule has 6 heteroatoms. The van der Waals surface area contributed by atoms with Crippen LogP contribution in [0.25, 0.3) is 11.0 Å². The fourth-order valence-electron chi connectivity index (χ4n) is 2.27. The van der Waals surface area contributed by atoms with Crippen LogP contribution in [0.3, 0.4) is 0 Å². The zero-order chi connectivity index (χ0) is 15.0. The van der Waals surface area contributed by atoms with Crippen molar-refractivity contribution in [2.24, 2.45) is 5.84 Å². The number of rotatable bonds is 3. The molecule has 1 aromatic heterocycles. The zero-order valence-electron chi connectivity index (χ0n) is 10.7. The molecule has 21 heavy (non-hydrogen) atoms. The van der Waals surface area contributed by atoms with Gasteiger partial charge in [-0.2, -0.15) is 0 Å². The van der Waals surface area contributed by atoms with E-state index in [1.807, 2.05) is 18.2 Å². The molecular weight excluding hydrogens is 342 g/mol. The standard InChI is InChI=1S/C15H11BrF2N2O/c16-12-3-1-2-8-6-13(21-15(8)12)14(20-19)9-4-10(17)7-11(18)5-9/h1-7,14,20H,19H2. The third kappa shape index (κ3) is 2.70. The summed E-state index contributed by atoms with van der Waals surface area (Å²) in [4.78, 5) is 0. The summed E-state index contributed by atoms with van der Waals surface area (Å²) >= 11 is 3.40. The maximum absolute atomic E-state index is 13.4. The third-order valence-corrected chi connectivity index (χ3v) is 3.81. The molecule has 3 rings (SSSR count). The Morgan fingerprint density at radius 2 is 1.81 bits per heavy atom. The van der Waals surface area contributed by atoms with Crippen molar-refractivity contribution in [2.75, 3.05) is 0 Å². The molecule has 0 aliphatic carbocycles. The minimum absolute atomic E-state index is 0.352. The lowest BCUT2D eigenvalue weighted by Crippen LogP contribution is -2.28. The molecule has 1 heterocycles. The van der Waals surface area contributed by atoms with Crippen LogP contribution in [0.1, 0.15) is 17.4 Å². The Balaban J connectivity index is 2.11. The maximum Gasteiger partial charge on any atom is 0.148 e. The van der Waals surface area contributed by atoms with Gasteiger partial charge in [0.2, 0.25) is 0 Å². The highest BCUT2D eigenvalue weighted by molar-refractivity contribution is 9.10. The van der Waals surface area contributed by atoms with Gasteiger partial charge in [0.1, 0.15) is 29.0 Å². The van der Waals surface area contributed by atoms with Crippen LogP contribution < -0.4 is 11.3 Å². The second-order valence-electron chi connectivity index (χ2n) is 4.61. The van der Waals surface area contributed by atoms with Gasteiger partial charge in [0.15, 0.2) is 0 Å². The number of furan rings is 1. The number of fused-ring (bicyclic) bond motifs is 1. The van der Waals surface area contributed by atoms with E-state index < -0.39 is 17.7 Å². The summed E-state index contributed by atoms with van der Waals surface area (Å²) in [6.45, 7) is 0. The Kier molecular flexibility index (Phi) is 3.75. The summed E-state index contributed by atoms with van der Waals surface area (Å²) in [6, 6.07) is 9.99. The fraction of sp³-hybridized carbons (Fsp3) is 0.0667. The molecular formula is C15H11BrF2N2O. The molecule has 1 unspecified atom stereocenters. The predicted molar refractivity (Wildman–Crippen MR) is 79.4 cm³/mol. The van der Waals surface area contributed by atoms with E-state index in [2.05, 4.69) is 21.4 Å². The van der Waals surface area contributed by atoms with Gasteiger partial charge in [0, 0.05) is 11.5 Å². The van der Waals surface area contributed by atoms with Crippen molar-refractivity contribution in [1.82, 2.24) is 5.43 Å². The van der Waals surface area contributed by atoms with Gasteiger partial charge < -0.3 is 4.42 Å². The van der Waals surface area contributed by atoms with E-state index in [0.29, 0.717) is 16.9 Å². The van der Waals surface area contributed by atoms with Crippen molar-refractivity contribution in [2.45, 2.75) is 6.04 Å². The number of para-hydroxylation sites is 1. The van der Waals surface area contributed by atoms with Crippen molar-refractivity contribution in [1.29, 1.82) is 0 Å². The molecule has 0 bridgehead atoms. The summed E-state index contributed by atoms with van der Waals surface area (Å²) in [5.74, 6) is 4.68. The zero-order valence-corrected chi connectivity index (χ0v) is 12.3. The molecule has 3 aromatic rings. The number of benzene rings is 2. The van der Waals surface area contributed by atoms with Crippen LogP contribution in [0, 0.1) is 11.6 Å². The highest BCUT2D eigenvalue weighted by Crippen LogP contribution is 2.32. The summed E-state index contributed by atoms with van der Waals surface area (Å²) in [5.41, 5.74) is 3.54. The first-order chi connectivity index (χ1) is 10.1. The summed E-state index contributed by atoms with van der Waals surface area (Å²) in [5, 5.41) is 0.872. The normalized spacial score (nSPS) is 12.8. The maximum atomic E-state index is 13.4. The quantitative estimate of drug-likeness (QED) is 0.552. The first-order valence-corrected chi connectivity index (χ1v) is 6.98. The van der Waals surface area contributed by atoms with Gasteiger partial charge in [-0.15, -0.1) is 0 Å². The van der Waals surface area contributed by atoms with Crippen LogP contribution in [-0.4, -0.2) is 0 Å². The molecule has 0 aliphatic heterocycles. The average Bonchev–Trinajstić information content (AvgIpc) is 2.83. The monoisotopic (exact) mass is 352 g/mol. The van der Waals surface area contributed by atoms with Gasteiger partial charge in [0.25, 0.3) is 0 Å². The Bertz CT molecular complexity index is 783. The van der Waals surface area contributed by atoms with Crippen LogP contribution in [0.5, 0.6) is 0 Å². The van der Waals surface area contributed by atoms with E-state index in [-0.39, 0.29) is 0 Å². The molecule has 108 valence electrons. The van der Waals surface area contributed by atoms with Crippen LogP contribution in [0.4, 0.5) is 8.78 Å². The molecule has 0 aliphatic rings. The van der Waals surface area contributed by atoms with Crippen molar-refractivity contribution in [3.63, 3.8) is 0 Å². The van der Waals surface area contributed by atoms with Gasteiger partial charge in [0.05, 0.1) is 4.47 Å². The summed E-state index contributed by atoms with van der Waals surface area (Å²) in [7, 11) is 0. The molecule has 0 radical (unpaired) electrons. The Hall–Kier alpha value is -1.76. The predicted octanol–water partition coefficient (Wildman–Crippen LogP) is 4.03. The van der Waals surface area contributed by atoms with Crippen molar-refractivity contribution in [3.05, 3.63) is 69.9 Å². The van der Waals surface area contributed by atoms with E-state index >= 15 is 0 Å². The molecule has 3 N–H and O–H groups in total. The number of hydrogen-bond acceptors (Lipinski definition) is 3. The highest BCUT2D eigenvalue weighted by atomic mass is 79.9. The van der Waals surface area contributed by atoms with Crippen LogP contribution in [0.2, 0.25) is 0 Å². The molecule has 3 nitrogen and oxygen atoms in total. The van der Waals surface area contributed by atoms with Gasteiger partial charge in [-0.05, 0) is 45.8 Å². The topological polar surface area (TPSA) is 51.2 Å². The largest absolute Gasteiger partial charge is 0.458 e. The van der Waals surface area contributed by atoms with Gasteiger partial charge >= 0.3 is 0 Å². The lowest BCUT2D eigenvalue weighted by atomic mass is 10.0. The highest BCUT2D eigenvalue weighted by Gasteiger charge is 2.19. The first kappa shape index (κ1) is 14.2. The van der Waals surface area contributed by atoms with Gasteiger partial charge in [-0.1, -0.05) is 12.1 Å². The number of halogens is 3. The SMILES string of the molecule is NNC(c1cc(F)cc(F)c1)c1cc2cccc(Br)c2o1. The lowest BCUT2D eigenvalue weighted by Gasteiger charge is -2.13. The smallest absolute Gasteiger partial charge is 0.148 e. The minimum Gasteiger partial charge on any atom is -0.458 e. The summed E-state index contributed by atoms with van der Waals surface area (Å²) < 4.78 is 33.3. The summed E-state index contributed by atoms with van der Waals surface area (Å²) in [6.07, 6.45) is 0. The second kappa shape index (κ2) is 5.55. The molecule has 0 saturated carbocycles. The molecule has 2 aromatic carbocycles. The number of nitrogens with two attached hydrogens (primary N) is 1. The number of hydrogen-bond donors (Lipinski definition) is 2. The van der Waals surface area contributed by atoms with E-state index in [1.165, 1.54) is 12.1 Å². The Labute approximate surface area is 127 Å². The van der Waals surface area contributed by atoms with Crippen molar-refractivity contribution >= 4 is 26.9 Å². The van der Waals surface area contributed by atoms with E-state index in [0.717, 1.165) is 15.9 Å². The van der Waals surface area contributed by atoms with Crippen LogP contribution in [-0.2, 0) is 0 Å². The number of nitrogens with one attached hydrogen (secondary N) is 1. The molecule has 0 saturated heterocycles. The second-order valence-corrected chi connectivity index (χ2v) is 5.46. The minimum atomic E-state index is -0.664. The molecule has 1 atom stereocenters. The first-order valence-electron chi connectivity index (χ1n) is 6.18. The third-order valence-electron chi connectivity index (χ3n) is 3.18. The van der Waals surface area contributed by atoms with Crippen LogP contribution in [0.15, 0.2) is 51.4 Å². The van der Waals surface area contributed by atoms with E-state index in [1.54, 1.807) is 6.07 Å². The van der Waals surface area contributed by atoms with Crippen molar-refractivity contribution in [3.8, 4) is 0 Å². The fourth-order valence-corrected chi connectivity index (χ4v) is 2.74. The number of hydrazine groups is 1. The molecule has 0 spiro atoms. The molecule has 0 amide bonds. The molecule has 0 fully saturated rings. The Morgan fingerprint density at radius 1 is 1.10 bits per heavy atom.